The largest absolute Gasteiger partial charge is 0.355 e. The van der Waals surface area contributed by atoms with Crippen LogP contribution in [0, 0.1) is 5.82 Å². The number of nitrogens with zero attached hydrogens (tertiary/aromatic N) is 2. The van der Waals surface area contributed by atoms with Gasteiger partial charge in [0.1, 0.15) is 18.4 Å². The zero-order valence-corrected chi connectivity index (χ0v) is 23.5. The lowest BCUT2D eigenvalue weighted by molar-refractivity contribution is -0.140. The number of nitrogens with one attached hydrogen (secondary N) is 1. The summed E-state index contributed by atoms with van der Waals surface area (Å²) in [5, 5.41) is 2.83. The molecule has 0 heterocycles. The Kier molecular flexibility index (Phi) is 9.86. The molecular weight excluding hydrogens is 541 g/mol. The van der Waals surface area contributed by atoms with E-state index in [1.807, 2.05) is 60.7 Å². The van der Waals surface area contributed by atoms with E-state index in [0.29, 0.717) is 6.54 Å². The molecule has 4 aromatic rings. The van der Waals surface area contributed by atoms with Crippen molar-refractivity contribution in [3.63, 3.8) is 0 Å². The number of hydrogen-bond donors (Lipinski definition) is 1. The van der Waals surface area contributed by atoms with Crippen LogP contribution >= 0.6 is 0 Å². The number of para-hydroxylation sites is 1. The molecule has 1 N–H and O–H groups in total. The van der Waals surface area contributed by atoms with Crippen LogP contribution < -0.4 is 9.62 Å². The molecule has 7 nitrogen and oxygen atoms in total. The highest BCUT2D eigenvalue weighted by Crippen LogP contribution is 2.25. The molecule has 212 valence electrons. The van der Waals surface area contributed by atoms with Crippen LogP contribution in [0.25, 0.3) is 0 Å². The van der Waals surface area contributed by atoms with Gasteiger partial charge in [0.2, 0.25) is 11.8 Å². The van der Waals surface area contributed by atoms with E-state index in [0.717, 1.165) is 27.6 Å². The van der Waals surface area contributed by atoms with Gasteiger partial charge < -0.3 is 10.2 Å². The molecule has 1 atom stereocenters. The fourth-order valence-corrected chi connectivity index (χ4v) is 5.90. The van der Waals surface area contributed by atoms with Crippen LogP contribution in [-0.2, 0) is 32.6 Å². The predicted octanol–water partition coefficient (Wildman–Crippen LogP) is 4.80. The third kappa shape index (κ3) is 7.58. The molecule has 4 aromatic carbocycles. The topological polar surface area (TPSA) is 86.8 Å². The number of hydrogen-bond acceptors (Lipinski definition) is 4. The number of rotatable bonds is 12. The first kappa shape index (κ1) is 29.5. The van der Waals surface area contributed by atoms with Crippen LogP contribution in [0.2, 0.25) is 0 Å². The van der Waals surface area contributed by atoms with E-state index in [2.05, 4.69) is 5.32 Å². The van der Waals surface area contributed by atoms with E-state index in [1.165, 1.54) is 17.0 Å². The second kappa shape index (κ2) is 13.7. The summed E-state index contributed by atoms with van der Waals surface area (Å²) < 4.78 is 42.2. The Morgan fingerprint density at radius 3 is 1.88 bits per heavy atom. The molecule has 0 radical (unpaired) electrons. The van der Waals surface area contributed by atoms with Crippen molar-refractivity contribution in [2.24, 2.45) is 0 Å². The standard InChI is InChI=1S/C32H32FN3O4S/c1-2-34-32(38)30(22-25-12-6-3-7-13-25)35(23-26-14-8-4-9-15-26)31(37)24-36(28-16-10-5-11-17-28)41(39,40)29-20-18-27(33)19-21-29/h3-21,30H,2,22-24H2,1H3,(H,34,38)/t30-/m0/s1. The van der Waals surface area contributed by atoms with Crippen LogP contribution in [0.3, 0.4) is 0 Å². The van der Waals surface area contributed by atoms with Crippen molar-refractivity contribution in [3.05, 3.63) is 132 Å². The monoisotopic (exact) mass is 573 g/mol. The molecule has 0 unspecified atom stereocenters. The molecule has 0 bridgehead atoms. The summed E-state index contributed by atoms with van der Waals surface area (Å²) in [6, 6.07) is 30.4. The van der Waals surface area contributed by atoms with Crippen molar-refractivity contribution in [2.75, 3.05) is 17.4 Å². The van der Waals surface area contributed by atoms with Gasteiger partial charge in [0.05, 0.1) is 10.6 Å². The summed E-state index contributed by atoms with van der Waals surface area (Å²) in [6.07, 6.45) is 0.237. The van der Waals surface area contributed by atoms with Gasteiger partial charge in [0, 0.05) is 19.5 Å². The smallest absolute Gasteiger partial charge is 0.264 e. The maximum atomic E-state index is 14.2. The Balaban J connectivity index is 1.76. The summed E-state index contributed by atoms with van der Waals surface area (Å²) in [5.41, 5.74) is 1.91. The molecule has 0 fully saturated rings. The second-order valence-corrected chi connectivity index (χ2v) is 11.3. The van der Waals surface area contributed by atoms with E-state index in [-0.39, 0.29) is 29.5 Å². The Labute approximate surface area is 240 Å². The first-order chi connectivity index (χ1) is 19.8. The minimum Gasteiger partial charge on any atom is -0.355 e. The molecule has 2 amide bonds. The maximum absolute atomic E-state index is 14.2. The average Bonchev–Trinajstić information content (AvgIpc) is 2.99. The van der Waals surface area contributed by atoms with Crippen LogP contribution in [0.4, 0.5) is 10.1 Å². The van der Waals surface area contributed by atoms with E-state index in [4.69, 9.17) is 0 Å². The number of carbonyl (C=O) groups is 2. The van der Waals surface area contributed by atoms with Gasteiger partial charge in [-0.15, -0.1) is 0 Å². The third-order valence-electron chi connectivity index (χ3n) is 6.54. The number of halogens is 1. The number of likely N-dealkylation sites (N-methyl/N-ethyl adjacent to an activating group) is 1. The Morgan fingerprint density at radius 1 is 0.780 bits per heavy atom. The van der Waals surface area contributed by atoms with Crippen LogP contribution in [0.5, 0.6) is 0 Å². The van der Waals surface area contributed by atoms with Crippen molar-refractivity contribution in [1.29, 1.82) is 0 Å². The highest BCUT2D eigenvalue weighted by Gasteiger charge is 2.34. The first-order valence-electron chi connectivity index (χ1n) is 13.3. The molecule has 0 saturated carbocycles. The van der Waals surface area contributed by atoms with Crippen LogP contribution in [0.15, 0.2) is 120 Å². The van der Waals surface area contributed by atoms with Crippen LogP contribution in [0.1, 0.15) is 18.1 Å². The summed E-state index contributed by atoms with van der Waals surface area (Å²) in [7, 11) is -4.27. The molecule has 41 heavy (non-hydrogen) atoms. The Bertz CT molecular complexity index is 1530. The summed E-state index contributed by atoms with van der Waals surface area (Å²) in [6.45, 7) is 1.69. The highest BCUT2D eigenvalue weighted by molar-refractivity contribution is 7.92. The molecule has 0 saturated heterocycles. The number of sulfonamides is 1. The molecule has 0 aliphatic rings. The lowest BCUT2D eigenvalue weighted by Gasteiger charge is -2.33. The maximum Gasteiger partial charge on any atom is 0.264 e. The van der Waals surface area contributed by atoms with E-state index >= 15 is 0 Å². The fraction of sp³-hybridized carbons (Fsp3) is 0.188. The lowest BCUT2D eigenvalue weighted by Crippen LogP contribution is -2.53. The van der Waals surface area contributed by atoms with Crippen molar-refractivity contribution in [3.8, 4) is 0 Å². The lowest BCUT2D eigenvalue weighted by atomic mass is 10.0. The average molecular weight is 574 g/mol. The van der Waals surface area contributed by atoms with Gasteiger partial charge in [-0.05, 0) is 54.4 Å². The number of amides is 2. The quantitative estimate of drug-likeness (QED) is 0.264. The summed E-state index contributed by atoms with van der Waals surface area (Å²) in [5.74, 6) is -1.48. The van der Waals surface area contributed by atoms with Gasteiger partial charge >= 0.3 is 0 Å². The minimum atomic E-state index is -4.27. The van der Waals surface area contributed by atoms with Crippen molar-refractivity contribution < 1.29 is 22.4 Å². The molecular formula is C32H32FN3O4S. The fourth-order valence-electron chi connectivity index (χ4n) is 4.48. The van der Waals surface area contributed by atoms with E-state index in [9.17, 15) is 22.4 Å². The molecule has 0 aliphatic carbocycles. The Morgan fingerprint density at radius 2 is 1.32 bits per heavy atom. The van der Waals surface area contributed by atoms with Crippen LogP contribution in [-0.4, -0.2) is 44.3 Å². The first-order valence-corrected chi connectivity index (χ1v) is 14.7. The molecule has 0 aromatic heterocycles. The summed E-state index contributed by atoms with van der Waals surface area (Å²) >= 11 is 0. The molecule has 9 heteroatoms. The normalized spacial score (nSPS) is 11.9. The highest BCUT2D eigenvalue weighted by atomic mass is 32.2. The minimum absolute atomic E-state index is 0.0908. The number of benzene rings is 4. The molecule has 0 aliphatic heterocycles. The third-order valence-corrected chi connectivity index (χ3v) is 8.33. The zero-order valence-electron chi connectivity index (χ0n) is 22.7. The SMILES string of the molecule is CCNC(=O)[C@H](Cc1ccccc1)N(Cc1ccccc1)C(=O)CN(c1ccccc1)S(=O)(=O)c1ccc(F)cc1. The molecule has 0 spiro atoms. The zero-order chi connectivity index (χ0) is 29.2. The van der Waals surface area contributed by atoms with Gasteiger partial charge in [-0.3, -0.25) is 13.9 Å². The van der Waals surface area contributed by atoms with Gasteiger partial charge in [-0.1, -0.05) is 78.9 Å². The number of anilines is 1. The van der Waals surface area contributed by atoms with E-state index in [1.54, 1.807) is 37.3 Å². The van der Waals surface area contributed by atoms with Crippen molar-refractivity contribution in [2.45, 2.75) is 30.8 Å². The van der Waals surface area contributed by atoms with Crippen molar-refractivity contribution in [1.82, 2.24) is 10.2 Å². The predicted molar refractivity (Wildman–Crippen MR) is 157 cm³/mol. The van der Waals surface area contributed by atoms with Gasteiger partial charge in [0.25, 0.3) is 10.0 Å². The number of carbonyl (C=O) groups excluding carboxylic acids is 2. The van der Waals surface area contributed by atoms with Crippen molar-refractivity contribution >= 4 is 27.5 Å². The van der Waals surface area contributed by atoms with Gasteiger partial charge in [-0.2, -0.15) is 0 Å². The Hall–Kier alpha value is -4.50. The molecule has 4 rings (SSSR count). The summed E-state index contributed by atoms with van der Waals surface area (Å²) in [4.78, 5) is 28.9. The van der Waals surface area contributed by atoms with Gasteiger partial charge in [0.15, 0.2) is 0 Å². The van der Waals surface area contributed by atoms with E-state index < -0.39 is 34.3 Å². The van der Waals surface area contributed by atoms with Gasteiger partial charge in [-0.25, -0.2) is 12.8 Å². The second-order valence-electron chi connectivity index (χ2n) is 9.41.